The average molecular weight is 370 g/mol. The third kappa shape index (κ3) is 2.51. The van der Waals surface area contributed by atoms with E-state index < -0.39 is 17.2 Å². The standard InChI is InChI=1S/C25H16F2O/c26-22-12-11-19(16-23(22)27)25(18-7-2-1-3-8-18)15-14-21-20-9-5-4-6-17(20)10-13-24(21)28-25/h1-16H. The Hall–Kier alpha value is -3.46. The number of fused-ring (bicyclic) bond motifs is 3. The van der Waals surface area contributed by atoms with Crippen LogP contribution in [-0.4, -0.2) is 0 Å². The second-order valence-corrected chi connectivity index (χ2v) is 6.86. The number of hydrogen-bond acceptors (Lipinski definition) is 1. The highest BCUT2D eigenvalue weighted by molar-refractivity contribution is 5.94. The van der Waals surface area contributed by atoms with Gasteiger partial charge >= 0.3 is 0 Å². The molecule has 0 bridgehead atoms. The van der Waals surface area contributed by atoms with E-state index in [4.69, 9.17) is 4.74 Å². The molecule has 136 valence electrons. The van der Waals surface area contributed by atoms with Crippen molar-refractivity contribution < 1.29 is 13.5 Å². The highest BCUT2D eigenvalue weighted by atomic mass is 19.2. The first-order valence-corrected chi connectivity index (χ1v) is 9.08. The first kappa shape index (κ1) is 16.7. The third-order valence-electron chi connectivity index (χ3n) is 5.24. The van der Waals surface area contributed by atoms with Gasteiger partial charge in [-0.2, -0.15) is 0 Å². The fourth-order valence-electron chi connectivity index (χ4n) is 3.83. The van der Waals surface area contributed by atoms with Gasteiger partial charge in [0.2, 0.25) is 0 Å². The first-order chi connectivity index (χ1) is 13.7. The van der Waals surface area contributed by atoms with E-state index in [9.17, 15) is 8.78 Å². The average Bonchev–Trinajstić information content (AvgIpc) is 2.75. The Balaban J connectivity index is 1.75. The normalized spacial score (nSPS) is 17.9. The topological polar surface area (TPSA) is 9.23 Å². The van der Waals surface area contributed by atoms with Gasteiger partial charge in [-0.1, -0.05) is 66.7 Å². The molecule has 3 heteroatoms. The van der Waals surface area contributed by atoms with Crippen LogP contribution in [0.15, 0.2) is 91.0 Å². The molecule has 1 heterocycles. The summed E-state index contributed by atoms with van der Waals surface area (Å²) in [6, 6.07) is 25.5. The smallest absolute Gasteiger partial charge is 0.178 e. The molecule has 0 radical (unpaired) electrons. The number of halogens is 2. The first-order valence-electron chi connectivity index (χ1n) is 9.08. The van der Waals surface area contributed by atoms with Crippen LogP contribution in [0.3, 0.4) is 0 Å². The molecule has 1 atom stereocenters. The molecule has 1 aliphatic rings. The molecule has 1 aliphatic heterocycles. The van der Waals surface area contributed by atoms with Crippen molar-refractivity contribution in [3.05, 3.63) is 119 Å². The Morgan fingerprint density at radius 1 is 0.679 bits per heavy atom. The van der Waals surface area contributed by atoms with Crippen LogP contribution in [0.2, 0.25) is 0 Å². The monoisotopic (exact) mass is 370 g/mol. The molecule has 0 saturated carbocycles. The third-order valence-corrected chi connectivity index (χ3v) is 5.24. The van der Waals surface area contributed by atoms with Crippen molar-refractivity contribution in [2.24, 2.45) is 0 Å². The Morgan fingerprint density at radius 3 is 2.29 bits per heavy atom. The van der Waals surface area contributed by atoms with Gasteiger partial charge in [-0.05, 0) is 41.1 Å². The largest absolute Gasteiger partial charge is 0.473 e. The minimum Gasteiger partial charge on any atom is -0.473 e. The highest BCUT2D eigenvalue weighted by Crippen LogP contribution is 2.44. The molecule has 0 spiro atoms. The summed E-state index contributed by atoms with van der Waals surface area (Å²) in [6.45, 7) is 0. The number of benzene rings is 4. The van der Waals surface area contributed by atoms with Gasteiger partial charge in [-0.25, -0.2) is 8.78 Å². The fraction of sp³-hybridized carbons (Fsp3) is 0.0400. The molecule has 0 aliphatic carbocycles. The summed E-state index contributed by atoms with van der Waals surface area (Å²) < 4.78 is 34.2. The number of rotatable bonds is 2. The van der Waals surface area contributed by atoms with Gasteiger partial charge in [-0.15, -0.1) is 0 Å². The number of hydrogen-bond donors (Lipinski definition) is 0. The van der Waals surface area contributed by atoms with Gasteiger partial charge in [0.25, 0.3) is 0 Å². The van der Waals surface area contributed by atoms with Crippen molar-refractivity contribution in [2.75, 3.05) is 0 Å². The van der Waals surface area contributed by atoms with E-state index in [0.29, 0.717) is 11.3 Å². The van der Waals surface area contributed by atoms with Gasteiger partial charge in [0.05, 0.1) is 0 Å². The summed E-state index contributed by atoms with van der Waals surface area (Å²) in [5.41, 5.74) is 1.32. The molecule has 1 nitrogen and oxygen atoms in total. The van der Waals surface area contributed by atoms with Crippen LogP contribution in [0.1, 0.15) is 16.7 Å². The quantitative estimate of drug-likeness (QED) is 0.393. The molecular weight excluding hydrogens is 354 g/mol. The van der Waals surface area contributed by atoms with Crippen molar-refractivity contribution in [1.82, 2.24) is 0 Å². The predicted molar refractivity (Wildman–Crippen MR) is 107 cm³/mol. The summed E-state index contributed by atoms with van der Waals surface area (Å²) >= 11 is 0. The Bertz CT molecular complexity index is 1210. The van der Waals surface area contributed by atoms with E-state index in [1.165, 1.54) is 6.07 Å². The highest BCUT2D eigenvalue weighted by Gasteiger charge is 2.37. The SMILES string of the molecule is Fc1ccc(C2(c3ccccc3)C=Cc3c(ccc4ccccc34)O2)cc1F. The molecule has 28 heavy (non-hydrogen) atoms. The number of ether oxygens (including phenoxy) is 1. The van der Waals surface area contributed by atoms with Crippen LogP contribution in [0, 0.1) is 11.6 Å². The van der Waals surface area contributed by atoms with Gasteiger partial charge in [-0.3, -0.25) is 0 Å². The maximum atomic E-state index is 14.1. The van der Waals surface area contributed by atoms with E-state index in [0.717, 1.165) is 28.0 Å². The van der Waals surface area contributed by atoms with Crippen molar-refractivity contribution in [3.8, 4) is 5.75 Å². The molecule has 5 rings (SSSR count). The zero-order chi connectivity index (χ0) is 19.1. The lowest BCUT2D eigenvalue weighted by molar-refractivity contribution is 0.160. The molecule has 0 saturated heterocycles. The summed E-state index contributed by atoms with van der Waals surface area (Å²) in [7, 11) is 0. The van der Waals surface area contributed by atoms with E-state index in [1.54, 1.807) is 6.07 Å². The summed E-state index contributed by atoms with van der Waals surface area (Å²) in [4.78, 5) is 0. The van der Waals surface area contributed by atoms with Crippen molar-refractivity contribution in [1.29, 1.82) is 0 Å². The van der Waals surface area contributed by atoms with Crippen LogP contribution in [0.4, 0.5) is 8.78 Å². The fourth-order valence-corrected chi connectivity index (χ4v) is 3.83. The predicted octanol–water partition coefficient (Wildman–Crippen LogP) is 6.47. The van der Waals surface area contributed by atoms with Crippen LogP contribution in [0.25, 0.3) is 16.8 Å². The lowest BCUT2D eigenvalue weighted by atomic mass is 9.83. The summed E-state index contributed by atoms with van der Waals surface area (Å²) in [5.74, 6) is -1.07. The molecule has 4 aromatic carbocycles. The van der Waals surface area contributed by atoms with Crippen LogP contribution in [0.5, 0.6) is 5.75 Å². The van der Waals surface area contributed by atoms with Gasteiger partial charge in [0.1, 0.15) is 5.75 Å². The van der Waals surface area contributed by atoms with E-state index >= 15 is 0 Å². The minimum atomic E-state index is -1.04. The molecule has 1 unspecified atom stereocenters. The van der Waals surface area contributed by atoms with Crippen LogP contribution in [-0.2, 0) is 5.60 Å². The van der Waals surface area contributed by atoms with E-state index in [2.05, 4.69) is 12.1 Å². The molecular formula is C25H16F2O. The molecule has 0 N–H and O–H groups in total. The molecule has 4 aromatic rings. The minimum absolute atomic E-state index is 0.535. The van der Waals surface area contributed by atoms with Crippen LogP contribution >= 0.6 is 0 Å². The maximum Gasteiger partial charge on any atom is 0.178 e. The molecule has 0 fully saturated rings. The zero-order valence-corrected chi connectivity index (χ0v) is 14.9. The Morgan fingerprint density at radius 2 is 1.46 bits per heavy atom. The second-order valence-electron chi connectivity index (χ2n) is 6.86. The van der Waals surface area contributed by atoms with E-state index in [1.807, 2.05) is 66.7 Å². The van der Waals surface area contributed by atoms with Crippen LogP contribution < -0.4 is 4.74 Å². The van der Waals surface area contributed by atoms with Gasteiger partial charge in [0.15, 0.2) is 17.2 Å². The Labute approximate surface area is 161 Å². The Kier molecular flexibility index (Phi) is 3.76. The maximum absolute atomic E-state index is 14.1. The lowest BCUT2D eigenvalue weighted by Gasteiger charge is -2.36. The van der Waals surface area contributed by atoms with Gasteiger partial charge in [0, 0.05) is 16.7 Å². The summed E-state index contributed by atoms with van der Waals surface area (Å²) in [6.07, 6.45) is 3.93. The second kappa shape index (κ2) is 6.31. The van der Waals surface area contributed by atoms with Crippen molar-refractivity contribution in [2.45, 2.75) is 5.60 Å². The van der Waals surface area contributed by atoms with E-state index in [-0.39, 0.29) is 0 Å². The molecule has 0 amide bonds. The van der Waals surface area contributed by atoms with Crippen molar-refractivity contribution >= 4 is 16.8 Å². The summed E-state index contributed by atoms with van der Waals surface area (Å²) in [5, 5.41) is 2.21. The molecule has 0 aromatic heterocycles. The zero-order valence-electron chi connectivity index (χ0n) is 14.9. The van der Waals surface area contributed by atoms with Gasteiger partial charge < -0.3 is 4.74 Å². The van der Waals surface area contributed by atoms with Crippen molar-refractivity contribution in [3.63, 3.8) is 0 Å². The lowest BCUT2D eigenvalue weighted by Crippen LogP contribution is -2.34.